The highest BCUT2D eigenvalue weighted by atomic mass is 16.5. The second kappa shape index (κ2) is 8.58. The van der Waals surface area contributed by atoms with E-state index >= 15 is 0 Å². The molecule has 7 nitrogen and oxygen atoms in total. The zero-order valence-electron chi connectivity index (χ0n) is 16.1. The fourth-order valence-corrected chi connectivity index (χ4v) is 3.83. The van der Waals surface area contributed by atoms with Crippen LogP contribution in [0.15, 0.2) is 43.1 Å². The van der Waals surface area contributed by atoms with E-state index in [-0.39, 0.29) is 18.1 Å². The lowest BCUT2D eigenvalue weighted by molar-refractivity contribution is -0.00408. The van der Waals surface area contributed by atoms with Crippen molar-refractivity contribution in [3.05, 3.63) is 48.7 Å². The first kappa shape index (κ1) is 18.7. The van der Waals surface area contributed by atoms with E-state index in [1.165, 1.54) is 0 Å². The number of methoxy groups -OCH3 is 1. The molecule has 4 rings (SSSR count). The van der Waals surface area contributed by atoms with E-state index in [0.717, 1.165) is 42.3 Å². The lowest BCUT2D eigenvalue weighted by Gasteiger charge is -2.29. The van der Waals surface area contributed by atoms with Crippen LogP contribution in [0.1, 0.15) is 36.0 Å². The Morgan fingerprint density at radius 1 is 1.29 bits per heavy atom. The van der Waals surface area contributed by atoms with Gasteiger partial charge in [0.1, 0.15) is 0 Å². The van der Waals surface area contributed by atoms with Crippen molar-refractivity contribution in [2.75, 3.05) is 20.3 Å². The lowest BCUT2D eigenvalue weighted by Crippen LogP contribution is -2.39. The predicted octanol–water partition coefficient (Wildman–Crippen LogP) is 3.06. The maximum atomic E-state index is 13.0. The summed E-state index contributed by atoms with van der Waals surface area (Å²) in [5, 5.41) is 4.22. The van der Waals surface area contributed by atoms with Crippen LogP contribution in [-0.4, -0.2) is 52.9 Å². The van der Waals surface area contributed by atoms with Gasteiger partial charge < -0.3 is 24.3 Å². The van der Waals surface area contributed by atoms with Crippen molar-refractivity contribution < 1.29 is 14.3 Å². The minimum atomic E-state index is -0.0434. The molecule has 0 unspecified atom stereocenters. The third kappa shape index (κ3) is 4.10. The molecular formula is C21H26N4O3. The number of aromatic amines is 1. The highest BCUT2D eigenvalue weighted by Crippen LogP contribution is 2.25. The first-order valence-electron chi connectivity index (χ1n) is 9.75. The topological polar surface area (TPSA) is 81.2 Å². The number of ether oxygens (including phenoxy) is 2. The van der Waals surface area contributed by atoms with Gasteiger partial charge in [0.15, 0.2) is 0 Å². The predicted molar refractivity (Wildman–Crippen MR) is 107 cm³/mol. The van der Waals surface area contributed by atoms with E-state index in [4.69, 9.17) is 9.47 Å². The van der Waals surface area contributed by atoms with Gasteiger partial charge in [-0.15, -0.1) is 0 Å². The van der Waals surface area contributed by atoms with E-state index < -0.39 is 0 Å². The summed E-state index contributed by atoms with van der Waals surface area (Å²) in [6, 6.07) is 6.12. The van der Waals surface area contributed by atoms with Crippen LogP contribution in [0.5, 0.6) is 0 Å². The number of nitrogens with zero attached hydrogens (tertiary/aromatic N) is 2. The Morgan fingerprint density at radius 2 is 2.14 bits per heavy atom. The molecule has 1 amide bonds. The molecule has 1 aliphatic carbocycles. The standard InChI is InChI=1S/C21H26N4O3/c1-27-10-11-28-18-4-2-16(3-5-18)24-21(26)19-13-17(25-9-8-22-14-25)12-15-6-7-23-20(15)19/h6-9,12-14,16,18,23H,2-5,10-11H2,1H3,(H,24,26)/t16-,18-. The van der Waals surface area contributed by atoms with Crippen LogP contribution in [0, 0.1) is 0 Å². The minimum absolute atomic E-state index is 0.0434. The van der Waals surface area contributed by atoms with Crippen molar-refractivity contribution in [2.24, 2.45) is 0 Å². The Balaban J connectivity index is 1.44. The van der Waals surface area contributed by atoms with Crippen LogP contribution in [0.25, 0.3) is 16.6 Å². The average Bonchev–Trinajstić information content (AvgIpc) is 3.40. The Morgan fingerprint density at radius 3 is 2.89 bits per heavy atom. The number of carbonyl (C=O) groups excluding carboxylic acids is 1. The monoisotopic (exact) mass is 382 g/mol. The molecule has 1 aliphatic rings. The summed E-state index contributed by atoms with van der Waals surface area (Å²) in [5.74, 6) is -0.0434. The summed E-state index contributed by atoms with van der Waals surface area (Å²) in [7, 11) is 1.68. The molecule has 28 heavy (non-hydrogen) atoms. The number of hydrogen-bond acceptors (Lipinski definition) is 4. The first-order valence-corrected chi connectivity index (χ1v) is 9.75. The number of benzene rings is 1. The molecule has 0 aliphatic heterocycles. The zero-order valence-corrected chi connectivity index (χ0v) is 16.1. The molecule has 7 heteroatoms. The molecule has 0 bridgehead atoms. The zero-order chi connectivity index (χ0) is 19.3. The van der Waals surface area contributed by atoms with Crippen molar-refractivity contribution in [1.82, 2.24) is 19.9 Å². The third-order valence-corrected chi connectivity index (χ3v) is 5.34. The SMILES string of the molecule is COCCO[C@H]1CC[C@H](NC(=O)c2cc(-n3ccnc3)cc3cc[nH]c23)CC1. The van der Waals surface area contributed by atoms with Gasteiger partial charge in [-0.25, -0.2) is 4.98 Å². The smallest absolute Gasteiger partial charge is 0.253 e. The van der Waals surface area contributed by atoms with E-state index in [2.05, 4.69) is 15.3 Å². The molecule has 1 fully saturated rings. The largest absolute Gasteiger partial charge is 0.382 e. The van der Waals surface area contributed by atoms with Crippen molar-refractivity contribution in [3.8, 4) is 5.69 Å². The summed E-state index contributed by atoms with van der Waals surface area (Å²) in [6.07, 6.45) is 11.2. The van der Waals surface area contributed by atoms with Crippen LogP contribution in [-0.2, 0) is 9.47 Å². The number of carbonyl (C=O) groups is 1. The number of aromatic nitrogens is 3. The second-order valence-corrected chi connectivity index (χ2v) is 7.22. The van der Waals surface area contributed by atoms with Crippen molar-refractivity contribution in [1.29, 1.82) is 0 Å². The van der Waals surface area contributed by atoms with Gasteiger partial charge in [-0.2, -0.15) is 0 Å². The van der Waals surface area contributed by atoms with Gasteiger partial charge in [0.25, 0.3) is 5.91 Å². The van der Waals surface area contributed by atoms with Crippen molar-refractivity contribution in [3.63, 3.8) is 0 Å². The molecule has 0 saturated heterocycles. The summed E-state index contributed by atoms with van der Waals surface area (Å²) in [5.41, 5.74) is 2.44. The molecule has 148 valence electrons. The first-order chi connectivity index (χ1) is 13.7. The normalized spacial score (nSPS) is 19.8. The van der Waals surface area contributed by atoms with E-state index in [1.807, 2.05) is 35.2 Å². The van der Waals surface area contributed by atoms with Gasteiger partial charge in [0, 0.05) is 42.8 Å². The molecule has 0 spiro atoms. The Bertz CT molecular complexity index is 911. The fraction of sp³-hybridized carbons (Fsp3) is 0.429. The van der Waals surface area contributed by atoms with E-state index in [1.54, 1.807) is 19.6 Å². The van der Waals surface area contributed by atoms with Crippen LogP contribution in [0.2, 0.25) is 0 Å². The number of fused-ring (bicyclic) bond motifs is 1. The molecule has 3 aromatic rings. The second-order valence-electron chi connectivity index (χ2n) is 7.22. The number of hydrogen-bond donors (Lipinski definition) is 2. The van der Waals surface area contributed by atoms with E-state index in [0.29, 0.717) is 18.8 Å². The molecule has 2 N–H and O–H groups in total. The number of nitrogens with one attached hydrogen (secondary N) is 2. The summed E-state index contributed by atoms with van der Waals surface area (Å²) >= 11 is 0. The van der Waals surface area contributed by atoms with E-state index in [9.17, 15) is 4.79 Å². The molecule has 0 atom stereocenters. The van der Waals surface area contributed by atoms with Gasteiger partial charge in [0.05, 0.1) is 36.7 Å². The molecular weight excluding hydrogens is 356 g/mol. The van der Waals surface area contributed by atoms with Crippen LogP contribution in [0.4, 0.5) is 0 Å². The maximum Gasteiger partial charge on any atom is 0.253 e. The highest BCUT2D eigenvalue weighted by Gasteiger charge is 2.24. The van der Waals surface area contributed by atoms with Crippen molar-refractivity contribution in [2.45, 2.75) is 37.8 Å². The number of H-pyrrole nitrogens is 1. The summed E-state index contributed by atoms with van der Waals surface area (Å²) in [6.45, 7) is 1.25. The van der Waals surface area contributed by atoms with Gasteiger partial charge in [-0.1, -0.05) is 0 Å². The fourth-order valence-electron chi connectivity index (χ4n) is 3.83. The highest BCUT2D eigenvalue weighted by molar-refractivity contribution is 6.06. The van der Waals surface area contributed by atoms with Crippen LogP contribution in [0.3, 0.4) is 0 Å². The molecule has 2 heterocycles. The van der Waals surface area contributed by atoms with Gasteiger partial charge in [-0.3, -0.25) is 4.79 Å². The average molecular weight is 382 g/mol. The third-order valence-electron chi connectivity index (χ3n) is 5.34. The van der Waals surface area contributed by atoms with Crippen LogP contribution >= 0.6 is 0 Å². The lowest BCUT2D eigenvalue weighted by atomic mass is 9.92. The quantitative estimate of drug-likeness (QED) is 0.616. The maximum absolute atomic E-state index is 13.0. The van der Waals surface area contributed by atoms with Gasteiger partial charge in [-0.05, 0) is 43.9 Å². The Kier molecular flexibility index (Phi) is 5.73. The van der Waals surface area contributed by atoms with Gasteiger partial charge in [0.2, 0.25) is 0 Å². The molecule has 1 saturated carbocycles. The van der Waals surface area contributed by atoms with Crippen molar-refractivity contribution >= 4 is 16.8 Å². The number of imidazole rings is 1. The Labute approximate surface area is 164 Å². The summed E-state index contributed by atoms with van der Waals surface area (Å²) < 4.78 is 12.8. The summed E-state index contributed by atoms with van der Waals surface area (Å²) in [4.78, 5) is 20.3. The molecule has 1 aromatic carbocycles. The number of rotatable bonds is 7. The minimum Gasteiger partial charge on any atom is -0.382 e. The Hall–Kier alpha value is -2.64. The van der Waals surface area contributed by atoms with Gasteiger partial charge >= 0.3 is 0 Å². The van der Waals surface area contributed by atoms with Crippen LogP contribution < -0.4 is 5.32 Å². The molecule has 2 aromatic heterocycles. The number of amides is 1. The molecule has 0 radical (unpaired) electrons.